The summed E-state index contributed by atoms with van der Waals surface area (Å²) < 4.78 is 33.4. The average Bonchev–Trinajstić information content (AvgIpc) is 3.41. The average molecular weight is 416 g/mol. The van der Waals surface area contributed by atoms with Crippen molar-refractivity contribution in [2.24, 2.45) is 5.14 Å². The molecular formula is C15H12N8O5S. The molecule has 0 spiro atoms. The maximum absolute atomic E-state index is 12.3. The van der Waals surface area contributed by atoms with E-state index in [1.165, 1.54) is 42.6 Å². The molecule has 0 amide bonds. The number of carbonyl (C=O) groups excluding carboxylic acids is 1. The van der Waals surface area contributed by atoms with Crippen molar-refractivity contribution in [3.8, 4) is 11.5 Å². The number of rotatable bonds is 5. The minimum Gasteiger partial charge on any atom is -0.368 e. The van der Waals surface area contributed by atoms with Crippen LogP contribution < -0.4 is 16.2 Å². The predicted molar refractivity (Wildman–Crippen MR) is 97.3 cm³/mol. The number of hydrogen-bond acceptors (Lipinski definition) is 11. The molecule has 5 N–H and O–H groups in total. The molecule has 3 aromatic heterocycles. The van der Waals surface area contributed by atoms with Crippen molar-refractivity contribution in [3.63, 3.8) is 0 Å². The molecule has 0 fully saturated rings. The molecule has 0 radical (unpaired) electrons. The van der Waals surface area contributed by atoms with Gasteiger partial charge in [-0.3, -0.25) is 4.79 Å². The Kier molecular flexibility index (Phi) is 4.33. The van der Waals surface area contributed by atoms with Crippen LogP contribution >= 0.6 is 0 Å². The van der Waals surface area contributed by atoms with E-state index < -0.39 is 15.9 Å². The number of hydrogen-bond donors (Lipinski definition) is 3. The minimum absolute atomic E-state index is 0.0250. The lowest BCUT2D eigenvalue weighted by Gasteiger charge is -2.02. The number of nitrogens with zero attached hydrogens (tertiary/aromatic N) is 5. The molecule has 3 heterocycles. The molecule has 0 bridgehead atoms. The molecule has 14 heteroatoms. The standard InChI is InChI=1S/C15H12N8O5S/c16-15-20-13(21-23(15)14(24)11-5-6-18-27-11)10-7-12(28-22-10)19-8-1-3-9(4-2-8)29(17,25)26/h1-7,19H,(H2,16,20,21)(H2,17,25,26). The Bertz CT molecular complexity index is 1270. The third kappa shape index (κ3) is 3.69. The molecule has 0 atom stereocenters. The van der Waals surface area contributed by atoms with Gasteiger partial charge in [0.05, 0.1) is 11.1 Å². The summed E-state index contributed by atoms with van der Waals surface area (Å²) in [7, 11) is -3.78. The zero-order valence-corrected chi connectivity index (χ0v) is 15.2. The summed E-state index contributed by atoms with van der Waals surface area (Å²) in [6.45, 7) is 0. The summed E-state index contributed by atoms with van der Waals surface area (Å²) in [5.41, 5.74) is 6.48. The van der Waals surface area contributed by atoms with Gasteiger partial charge in [-0.2, -0.15) is 9.67 Å². The van der Waals surface area contributed by atoms with Gasteiger partial charge < -0.3 is 20.1 Å². The number of benzene rings is 1. The second-order valence-corrected chi connectivity index (χ2v) is 7.22. The third-order valence-corrected chi connectivity index (χ3v) is 4.59. The fraction of sp³-hybridized carbons (Fsp3) is 0. The fourth-order valence-electron chi connectivity index (χ4n) is 2.32. The topological polar surface area (TPSA) is 198 Å². The molecule has 0 saturated heterocycles. The van der Waals surface area contributed by atoms with Crippen molar-refractivity contribution in [2.75, 3.05) is 11.1 Å². The van der Waals surface area contributed by atoms with Gasteiger partial charge in [-0.05, 0) is 24.3 Å². The van der Waals surface area contributed by atoms with Crippen molar-refractivity contribution in [1.29, 1.82) is 0 Å². The lowest BCUT2D eigenvalue weighted by atomic mass is 10.3. The van der Waals surface area contributed by atoms with Crippen LogP contribution in [0, 0.1) is 0 Å². The SMILES string of the molecule is Nc1nc(-c2cc(Nc3ccc(S(N)(=O)=O)cc3)on2)nn1C(=O)c1ccno1. The lowest BCUT2D eigenvalue weighted by molar-refractivity contribution is 0.0911. The Balaban J connectivity index is 1.54. The van der Waals surface area contributed by atoms with E-state index in [9.17, 15) is 13.2 Å². The van der Waals surface area contributed by atoms with E-state index in [0.717, 1.165) is 4.68 Å². The predicted octanol–water partition coefficient (Wildman–Crippen LogP) is 0.583. The summed E-state index contributed by atoms with van der Waals surface area (Å²) in [6, 6.07) is 8.53. The maximum Gasteiger partial charge on any atom is 0.319 e. The molecule has 13 nitrogen and oxygen atoms in total. The van der Waals surface area contributed by atoms with Gasteiger partial charge >= 0.3 is 5.91 Å². The van der Waals surface area contributed by atoms with Crippen molar-refractivity contribution in [2.45, 2.75) is 4.90 Å². The number of nitrogen functional groups attached to an aromatic ring is 1. The number of nitrogens with one attached hydrogen (secondary N) is 1. The van der Waals surface area contributed by atoms with Crippen LogP contribution in [-0.4, -0.2) is 39.4 Å². The number of nitrogens with two attached hydrogens (primary N) is 2. The summed E-state index contributed by atoms with van der Waals surface area (Å²) in [6.07, 6.45) is 1.31. The minimum atomic E-state index is -3.78. The molecule has 0 saturated carbocycles. The number of aromatic nitrogens is 5. The van der Waals surface area contributed by atoms with Gasteiger partial charge in [-0.25, -0.2) is 13.6 Å². The van der Waals surface area contributed by atoms with Crippen molar-refractivity contribution in [1.82, 2.24) is 25.1 Å². The number of primary sulfonamides is 1. The Morgan fingerprint density at radius 1 is 1.14 bits per heavy atom. The van der Waals surface area contributed by atoms with E-state index in [1.54, 1.807) is 0 Å². The van der Waals surface area contributed by atoms with E-state index in [-0.39, 0.29) is 34.0 Å². The first-order valence-electron chi connectivity index (χ1n) is 7.86. The lowest BCUT2D eigenvalue weighted by Crippen LogP contribution is -2.15. The Morgan fingerprint density at radius 3 is 2.55 bits per heavy atom. The smallest absolute Gasteiger partial charge is 0.319 e. The maximum atomic E-state index is 12.3. The molecule has 148 valence electrons. The van der Waals surface area contributed by atoms with E-state index in [2.05, 4.69) is 25.7 Å². The summed E-state index contributed by atoms with van der Waals surface area (Å²) in [4.78, 5) is 16.2. The third-order valence-electron chi connectivity index (χ3n) is 3.66. The largest absolute Gasteiger partial charge is 0.368 e. The van der Waals surface area contributed by atoms with Crippen LogP contribution in [0.15, 0.2) is 56.5 Å². The van der Waals surface area contributed by atoms with Gasteiger partial charge in [-0.15, -0.1) is 5.10 Å². The second-order valence-electron chi connectivity index (χ2n) is 5.66. The van der Waals surface area contributed by atoms with Crippen LogP contribution in [0.25, 0.3) is 11.5 Å². The van der Waals surface area contributed by atoms with Gasteiger partial charge in [0.1, 0.15) is 0 Å². The number of sulfonamides is 1. The van der Waals surface area contributed by atoms with Crippen LogP contribution in [0.1, 0.15) is 10.6 Å². The van der Waals surface area contributed by atoms with Crippen LogP contribution in [0.5, 0.6) is 0 Å². The Hall–Kier alpha value is -4.04. The molecule has 4 aromatic rings. The first-order valence-corrected chi connectivity index (χ1v) is 9.41. The normalized spacial score (nSPS) is 11.5. The summed E-state index contributed by atoms with van der Waals surface area (Å²) in [5.74, 6) is -0.594. The number of carbonyl (C=O) groups is 1. The van der Waals surface area contributed by atoms with Gasteiger partial charge in [0.2, 0.25) is 33.4 Å². The molecule has 29 heavy (non-hydrogen) atoms. The van der Waals surface area contributed by atoms with Gasteiger partial charge in [0, 0.05) is 17.8 Å². The molecule has 0 aliphatic rings. The van der Waals surface area contributed by atoms with Crippen molar-refractivity contribution >= 4 is 33.5 Å². The van der Waals surface area contributed by atoms with E-state index in [4.69, 9.17) is 19.9 Å². The van der Waals surface area contributed by atoms with Crippen LogP contribution in [0.2, 0.25) is 0 Å². The quantitative estimate of drug-likeness (QED) is 0.411. The highest BCUT2D eigenvalue weighted by molar-refractivity contribution is 7.89. The molecule has 0 aliphatic heterocycles. The molecule has 1 aromatic carbocycles. The van der Waals surface area contributed by atoms with Gasteiger partial charge in [0.25, 0.3) is 0 Å². The zero-order valence-electron chi connectivity index (χ0n) is 14.4. The second kappa shape index (κ2) is 6.84. The first kappa shape index (κ1) is 18.3. The number of anilines is 3. The molecule has 0 unspecified atom stereocenters. The van der Waals surface area contributed by atoms with Crippen LogP contribution in [0.3, 0.4) is 0 Å². The first-order chi connectivity index (χ1) is 13.8. The van der Waals surface area contributed by atoms with Crippen LogP contribution in [-0.2, 0) is 10.0 Å². The highest BCUT2D eigenvalue weighted by Gasteiger charge is 2.21. The van der Waals surface area contributed by atoms with Gasteiger partial charge in [-0.1, -0.05) is 10.3 Å². The zero-order chi connectivity index (χ0) is 20.6. The summed E-state index contributed by atoms with van der Waals surface area (Å²) >= 11 is 0. The summed E-state index contributed by atoms with van der Waals surface area (Å²) in [5, 5.41) is 19.2. The fourth-order valence-corrected chi connectivity index (χ4v) is 2.84. The monoisotopic (exact) mass is 416 g/mol. The van der Waals surface area contributed by atoms with Gasteiger partial charge in [0.15, 0.2) is 5.69 Å². The molecule has 4 rings (SSSR count). The molecule has 0 aliphatic carbocycles. The van der Waals surface area contributed by atoms with Crippen molar-refractivity contribution < 1.29 is 22.3 Å². The molecular weight excluding hydrogens is 404 g/mol. The van der Waals surface area contributed by atoms with E-state index >= 15 is 0 Å². The highest BCUT2D eigenvalue weighted by Crippen LogP contribution is 2.23. The van der Waals surface area contributed by atoms with E-state index in [0.29, 0.717) is 5.69 Å². The van der Waals surface area contributed by atoms with E-state index in [1.807, 2.05) is 0 Å². The van der Waals surface area contributed by atoms with Crippen molar-refractivity contribution in [3.05, 3.63) is 48.4 Å². The van der Waals surface area contributed by atoms with Crippen LogP contribution in [0.4, 0.5) is 17.5 Å². The Labute approximate surface area is 162 Å². The highest BCUT2D eigenvalue weighted by atomic mass is 32.2. The Morgan fingerprint density at radius 2 is 1.90 bits per heavy atom.